The van der Waals surface area contributed by atoms with E-state index in [4.69, 9.17) is 4.98 Å². The van der Waals surface area contributed by atoms with E-state index in [1.165, 1.54) is 17.1 Å². The van der Waals surface area contributed by atoms with Gasteiger partial charge in [-0.1, -0.05) is 37.3 Å². The van der Waals surface area contributed by atoms with Crippen LogP contribution in [0.15, 0.2) is 53.4 Å². The van der Waals surface area contributed by atoms with Gasteiger partial charge in [0.25, 0.3) is 5.91 Å². The molecule has 0 saturated carbocycles. The van der Waals surface area contributed by atoms with E-state index in [1.807, 2.05) is 27.9 Å². The number of imidazole rings is 1. The molecule has 0 radical (unpaired) electrons. The quantitative estimate of drug-likeness (QED) is 0.658. The van der Waals surface area contributed by atoms with Crippen LogP contribution in [-0.2, 0) is 12.1 Å². The van der Waals surface area contributed by atoms with Crippen molar-refractivity contribution in [2.24, 2.45) is 0 Å². The monoisotopic (exact) mass is 406 g/mol. The van der Waals surface area contributed by atoms with Crippen LogP contribution in [0, 0.1) is 0 Å². The van der Waals surface area contributed by atoms with Gasteiger partial charge in [0, 0.05) is 31.6 Å². The summed E-state index contributed by atoms with van der Waals surface area (Å²) in [4.78, 5) is 22.4. The van der Waals surface area contributed by atoms with Crippen molar-refractivity contribution in [3.05, 3.63) is 64.7 Å². The lowest BCUT2D eigenvalue weighted by molar-refractivity contribution is -0.00311. The number of rotatable bonds is 3. The largest absolute Gasteiger partial charge is 0.338 e. The zero-order chi connectivity index (χ0) is 19.8. The van der Waals surface area contributed by atoms with E-state index >= 15 is 0 Å². The zero-order valence-corrected chi connectivity index (χ0v) is 17.6. The second-order valence-corrected chi connectivity index (χ2v) is 8.68. The third-order valence-corrected chi connectivity index (χ3v) is 7.25. The summed E-state index contributed by atoms with van der Waals surface area (Å²) in [6.07, 6.45) is 3.90. The van der Waals surface area contributed by atoms with Gasteiger partial charge in [-0.25, -0.2) is 4.98 Å². The highest BCUT2D eigenvalue weighted by atomic mass is 32.1. The molecule has 3 aromatic rings. The van der Waals surface area contributed by atoms with Gasteiger partial charge in [0.2, 0.25) is 0 Å². The molecule has 0 unspecified atom stereocenters. The van der Waals surface area contributed by atoms with Gasteiger partial charge in [-0.15, -0.1) is 0 Å². The molecule has 4 heterocycles. The number of hydrogen-bond donors (Lipinski definition) is 0. The number of amides is 1. The molecule has 0 bridgehead atoms. The van der Waals surface area contributed by atoms with Crippen molar-refractivity contribution in [3.8, 4) is 11.3 Å². The number of thiophene rings is 1. The van der Waals surface area contributed by atoms with Crippen LogP contribution >= 0.6 is 11.3 Å². The molecule has 150 valence electrons. The SMILES string of the molecule is CCN1CCn2c(-c3ccccc3)cnc2C12CCN(C(=O)c1ccsc1)CC2. The lowest BCUT2D eigenvalue weighted by Crippen LogP contribution is -2.58. The second kappa shape index (κ2) is 7.43. The van der Waals surface area contributed by atoms with E-state index in [2.05, 4.69) is 46.7 Å². The highest BCUT2D eigenvalue weighted by Gasteiger charge is 2.47. The van der Waals surface area contributed by atoms with Crippen molar-refractivity contribution in [3.63, 3.8) is 0 Å². The maximum absolute atomic E-state index is 12.8. The molecule has 0 aliphatic carbocycles. The molecule has 6 heteroatoms. The van der Waals surface area contributed by atoms with Gasteiger partial charge in [-0.2, -0.15) is 11.3 Å². The molecular formula is C23H26N4OS. The van der Waals surface area contributed by atoms with Gasteiger partial charge in [0.1, 0.15) is 5.82 Å². The number of likely N-dealkylation sites (tertiary alicyclic amines) is 1. The van der Waals surface area contributed by atoms with E-state index in [0.29, 0.717) is 0 Å². The third kappa shape index (κ3) is 3.02. The fourth-order valence-corrected chi connectivity index (χ4v) is 5.67. The first kappa shape index (κ1) is 18.6. The van der Waals surface area contributed by atoms with Crippen LogP contribution < -0.4 is 0 Å². The highest BCUT2D eigenvalue weighted by molar-refractivity contribution is 7.08. The summed E-state index contributed by atoms with van der Waals surface area (Å²) >= 11 is 1.58. The van der Waals surface area contributed by atoms with Crippen LogP contribution in [0.1, 0.15) is 35.9 Å². The van der Waals surface area contributed by atoms with E-state index in [-0.39, 0.29) is 11.4 Å². The number of aromatic nitrogens is 2. The predicted molar refractivity (Wildman–Crippen MR) is 116 cm³/mol. The molecule has 1 aromatic carbocycles. The van der Waals surface area contributed by atoms with Crippen LogP contribution in [0.2, 0.25) is 0 Å². The van der Waals surface area contributed by atoms with Crippen molar-refractivity contribution in [1.82, 2.24) is 19.4 Å². The van der Waals surface area contributed by atoms with Gasteiger partial charge in [0.15, 0.2) is 0 Å². The van der Waals surface area contributed by atoms with Gasteiger partial charge in [-0.3, -0.25) is 9.69 Å². The number of hydrogen-bond acceptors (Lipinski definition) is 4. The Kier molecular flexibility index (Phi) is 4.76. The summed E-state index contributed by atoms with van der Waals surface area (Å²) in [5.41, 5.74) is 3.16. The topological polar surface area (TPSA) is 41.4 Å². The minimum atomic E-state index is -0.0779. The molecular weight excluding hydrogens is 380 g/mol. The van der Waals surface area contributed by atoms with Crippen molar-refractivity contribution in [1.29, 1.82) is 0 Å². The third-order valence-electron chi connectivity index (χ3n) is 6.57. The summed E-state index contributed by atoms with van der Waals surface area (Å²) in [6, 6.07) is 12.5. The van der Waals surface area contributed by atoms with E-state index in [0.717, 1.165) is 51.1 Å². The molecule has 2 aromatic heterocycles. The zero-order valence-electron chi connectivity index (χ0n) is 16.8. The van der Waals surface area contributed by atoms with Gasteiger partial charge in [-0.05, 0) is 36.4 Å². The Morgan fingerprint density at radius 1 is 1.10 bits per heavy atom. The molecule has 1 amide bonds. The number of fused-ring (bicyclic) bond motifs is 2. The molecule has 2 aliphatic heterocycles. The molecule has 5 nitrogen and oxygen atoms in total. The summed E-state index contributed by atoms with van der Waals surface area (Å²) < 4.78 is 2.41. The van der Waals surface area contributed by atoms with Crippen molar-refractivity contribution in [2.45, 2.75) is 31.8 Å². The Morgan fingerprint density at radius 2 is 1.90 bits per heavy atom. The van der Waals surface area contributed by atoms with Crippen LogP contribution in [0.4, 0.5) is 0 Å². The Hall–Kier alpha value is -2.44. The average molecular weight is 407 g/mol. The number of carbonyl (C=O) groups is 1. The smallest absolute Gasteiger partial charge is 0.254 e. The second-order valence-electron chi connectivity index (χ2n) is 7.90. The highest BCUT2D eigenvalue weighted by Crippen LogP contribution is 2.42. The Balaban J connectivity index is 1.46. The first-order chi connectivity index (χ1) is 14.2. The normalized spacial score (nSPS) is 18.7. The summed E-state index contributed by atoms with van der Waals surface area (Å²) in [5.74, 6) is 1.33. The molecule has 0 atom stereocenters. The Morgan fingerprint density at radius 3 is 2.59 bits per heavy atom. The first-order valence-corrected chi connectivity index (χ1v) is 11.3. The molecule has 29 heavy (non-hydrogen) atoms. The van der Waals surface area contributed by atoms with Crippen molar-refractivity contribution in [2.75, 3.05) is 26.2 Å². The summed E-state index contributed by atoms with van der Waals surface area (Å²) in [5, 5.41) is 3.92. The average Bonchev–Trinajstić information content (AvgIpc) is 3.45. The number of nitrogens with zero attached hydrogens (tertiary/aromatic N) is 4. The summed E-state index contributed by atoms with van der Waals surface area (Å²) in [6.45, 7) is 6.79. The standard InChI is InChI=1S/C23H26N4OS/c1-2-26-13-14-27-20(18-6-4-3-5-7-18)16-24-22(27)23(26)9-11-25(12-10-23)21(28)19-8-15-29-17-19/h3-8,15-17H,2,9-14H2,1H3. The Labute approximate surface area is 175 Å². The van der Waals surface area contributed by atoms with Crippen LogP contribution in [0.25, 0.3) is 11.3 Å². The minimum Gasteiger partial charge on any atom is -0.338 e. The maximum atomic E-state index is 12.8. The molecule has 0 N–H and O–H groups in total. The van der Waals surface area contributed by atoms with E-state index < -0.39 is 0 Å². The van der Waals surface area contributed by atoms with Crippen LogP contribution in [0.5, 0.6) is 0 Å². The van der Waals surface area contributed by atoms with E-state index in [9.17, 15) is 4.79 Å². The fraction of sp³-hybridized carbons (Fsp3) is 0.391. The minimum absolute atomic E-state index is 0.0779. The molecule has 1 fully saturated rings. The molecule has 1 saturated heterocycles. The number of benzene rings is 1. The first-order valence-electron chi connectivity index (χ1n) is 10.4. The predicted octanol–water partition coefficient (Wildman–Crippen LogP) is 4.08. The number of likely N-dealkylation sites (N-methyl/N-ethyl adjacent to an activating group) is 1. The number of piperidine rings is 1. The molecule has 1 spiro atoms. The fourth-order valence-electron chi connectivity index (χ4n) is 5.04. The lowest BCUT2D eigenvalue weighted by Gasteiger charge is -2.50. The van der Waals surface area contributed by atoms with Crippen molar-refractivity contribution < 1.29 is 4.79 Å². The maximum Gasteiger partial charge on any atom is 0.254 e. The van der Waals surface area contributed by atoms with Gasteiger partial charge >= 0.3 is 0 Å². The summed E-state index contributed by atoms with van der Waals surface area (Å²) in [7, 11) is 0. The lowest BCUT2D eigenvalue weighted by atomic mass is 9.83. The van der Waals surface area contributed by atoms with Gasteiger partial charge in [0.05, 0.1) is 23.0 Å². The van der Waals surface area contributed by atoms with Crippen LogP contribution in [0.3, 0.4) is 0 Å². The molecule has 5 rings (SSSR count). The van der Waals surface area contributed by atoms with Crippen LogP contribution in [-0.4, -0.2) is 51.4 Å². The van der Waals surface area contributed by atoms with E-state index in [1.54, 1.807) is 11.3 Å². The Bertz CT molecular complexity index is 987. The van der Waals surface area contributed by atoms with Gasteiger partial charge < -0.3 is 9.47 Å². The molecule has 2 aliphatic rings. The number of carbonyl (C=O) groups excluding carboxylic acids is 1. The van der Waals surface area contributed by atoms with Crippen molar-refractivity contribution >= 4 is 17.2 Å².